The van der Waals surface area contributed by atoms with Gasteiger partial charge in [-0.1, -0.05) is 108 Å². The van der Waals surface area contributed by atoms with Gasteiger partial charge in [0.2, 0.25) is 0 Å². The van der Waals surface area contributed by atoms with Crippen LogP contribution in [0.25, 0.3) is 89.2 Å². The number of nitrogens with zero attached hydrogens (tertiary/aromatic N) is 3. The monoisotopic (exact) mass is 839 g/mol. The lowest BCUT2D eigenvalue weighted by Crippen LogP contribution is -2.48. The van der Waals surface area contributed by atoms with Gasteiger partial charge in [0.1, 0.15) is 22.3 Å². The molecule has 64 heavy (non-hydrogen) atoms. The molecule has 5 heteroatoms. The Morgan fingerprint density at radius 1 is 0.469 bits per heavy atom. The van der Waals surface area contributed by atoms with Crippen molar-refractivity contribution in [2.24, 2.45) is 17.8 Å². The highest BCUT2D eigenvalue weighted by Crippen LogP contribution is 2.61. The summed E-state index contributed by atoms with van der Waals surface area (Å²) in [6.45, 7) is 18.1. The van der Waals surface area contributed by atoms with Gasteiger partial charge in [-0.2, -0.15) is 0 Å². The third-order valence-electron chi connectivity index (χ3n) is 15.5. The van der Waals surface area contributed by atoms with Crippen LogP contribution in [0.5, 0.6) is 0 Å². The second kappa shape index (κ2) is 14.0. The largest absolute Gasteiger partial charge is 0.455 e. The normalized spacial score (nSPS) is 21.0. The number of aryl methyl sites for hydroxylation is 2. The first-order chi connectivity index (χ1) is 30.7. The van der Waals surface area contributed by atoms with Crippen LogP contribution in [0.2, 0.25) is 0 Å². The molecule has 9 aromatic rings. The zero-order valence-corrected chi connectivity index (χ0v) is 38.5. The fourth-order valence-electron chi connectivity index (χ4n) is 12.5. The molecule has 0 spiro atoms. The molecule has 13 rings (SSSR count). The van der Waals surface area contributed by atoms with Gasteiger partial charge in [0.25, 0.3) is 0 Å². The highest BCUT2D eigenvalue weighted by atomic mass is 16.3. The molecule has 0 radical (unpaired) electrons. The molecule has 0 aliphatic heterocycles. The van der Waals surface area contributed by atoms with Gasteiger partial charge in [-0.05, 0) is 168 Å². The minimum Gasteiger partial charge on any atom is -0.455 e. The van der Waals surface area contributed by atoms with Crippen LogP contribution in [0, 0.1) is 31.6 Å². The Kier molecular flexibility index (Phi) is 8.62. The SMILES string of the molecule is Cc1cc(-c2nc(-c3cccc4c3oc3ccccc34)nc(-c3cc(C(C)(C)C)cc4c3oc3ccc(C(C)(C)C)cc34)n2)ccc1-c1ccc(C23CC4CC(CC(C4)C2)C3)cc1C. The molecular weight excluding hydrogens is 783 g/mol. The average Bonchev–Trinajstić information content (AvgIpc) is 3.83. The maximum atomic E-state index is 6.83. The quantitative estimate of drug-likeness (QED) is 0.173. The minimum atomic E-state index is -0.148. The average molecular weight is 840 g/mol. The van der Waals surface area contributed by atoms with E-state index in [9.17, 15) is 0 Å². The van der Waals surface area contributed by atoms with Crippen LogP contribution in [0.1, 0.15) is 108 Å². The van der Waals surface area contributed by atoms with Crippen LogP contribution < -0.4 is 0 Å². The molecule has 4 bridgehead atoms. The summed E-state index contributed by atoms with van der Waals surface area (Å²) in [4.78, 5) is 16.0. The smallest absolute Gasteiger partial charge is 0.167 e. The molecule has 3 heterocycles. The third kappa shape index (κ3) is 6.36. The molecule has 4 fully saturated rings. The zero-order chi connectivity index (χ0) is 43.9. The lowest BCUT2D eigenvalue weighted by Gasteiger charge is -2.57. The topological polar surface area (TPSA) is 65.0 Å². The summed E-state index contributed by atoms with van der Waals surface area (Å²) in [7, 11) is 0. The van der Waals surface area contributed by atoms with Crippen molar-refractivity contribution in [1.29, 1.82) is 0 Å². The molecular formula is C59H57N3O2. The molecule has 0 amide bonds. The number of para-hydroxylation sites is 2. The molecule has 4 aliphatic carbocycles. The molecule has 6 aromatic carbocycles. The Balaban J connectivity index is 1.02. The molecule has 0 atom stereocenters. The summed E-state index contributed by atoms with van der Waals surface area (Å²) < 4.78 is 13.4. The minimum absolute atomic E-state index is 0.0121. The van der Waals surface area contributed by atoms with Gasteiger partial charge in [-0.15, -0.1) is 0 Å². The molecule has 0 N–H and O–H groups in total. The highest BCUT2D eigenvalue weighted by molar-refractivity contribution is 6.11. The summed E-state index contributed by atoms with van der Waals surface area (Å²) in [5.74, 6) is 4.52. The first-order valence-electron chi connectivity index (χ1n) is 23.6. The van der Waals surface area contributed by atoms with Crippen LogP contribution in [0.3, 0.4) is 0 Å². The van der Waals surface area contributed by atoms with Crippen LogP contribution in [0.4, 0.5) is 0 Å². The summed E-state index contributed by atoms with van der Waals surface area (Å²) in [5, 5.41) is 4.27. The van der Waals surface area contributed by atoms with Crippen molar-refractivity contribution < 1.29 is 8.83 Å². The van der Waals surface area contributed by atoms with Gasteiger partial charge in [0.15, 0.2) is 17.5 Å². The van der Waals surface area contributed by atoms with E-state index in [4.69, 9.17) is 23.8 Å². The molecule has 0 saturated heterocycles. The van der Waals surface area contributed by atoms with Crippen LogP contribution in [-0.2, 0) is 16.2 Å². The fourth-order valence-corrected chi connectivity index (χ4v) is 12.5. The van der Waals surface area contributed by atoms with Crippen molar-refractivity contribution in [3.05, 3.63) is 137 Å². The van der Waals surface area contributed by atoms with Crippen LogP contribution >= 0.6 is 0 Å². The van der Waals surface area contributed by atoms with Crippen molar-refractivity contribution in [3.8, 4) is 45.3 Å². The fraction of sp³-hybridized carbons (Fsp3) is 0.339. The number of rotatable bonds is 5. The van der Waals surface area contributed by atoms with Gasteiger partial charge in [-0.25, -0.2) is 15.0 Å². The van der Waals surface area contributed by atoms with Gasteiger partial charge < -0.3 is 8.83 Å². The summed E-state index contributed by atoms with van der Waals surface area (Å²) in [5.41, 5.74) is 15.2. The Morgan fingerprint density at radius 3 is 1.72 bits per heavy atom. The number of furan rings is 2. The van der Waals surface area contributed by atoms with E-state index in [1.165, 1.54) is 71.9 Å². The molecule has 4 saturated carbocycles. The van der Waals surface area contributed by atoms with E-state index in [2.05, 4.69) is 152 Å². The first kappa shape index (κ1) is 39.5. The van der Waals surface area contributed by atoms with Crippen molar-refractivity contribution in [2.75, 3.05) is 0 Å². The van der Waals surface area contributed by atoms with E-state index in [0.717, 1.165) is 78.3 Å². The van der Waals surface area contributed by atoms with E-state index in [0.29, 0.717) is 22.9 Å². The Hall–Kier alpha value is -6.07. The van der Waals surface area contributed by atoms with Crippen molar-refractivity contribution in [3.63, 3.8) is 0 Å². The van der Waals surface area contributed by atoms with Crippen molar-refractivity contribution >= 4 is 43.9 Å². The Labute approximate surface area is 376 Å². The molecule has 4 aliphatic rings. The first-order valence-corrected chi connectivity index (χ1v) is 23.6. The second-order valence-corrected chi connectivity index (χ2v) is 22.1. The zero-order valence-electron chi connectivity index (χ0n) is 38.5. The lowest BCUT2D eigenvalue weighted by molar-refractivity contribution is -0.00520. The molecule has 0 unspecified atom stereocenters. The van der Waals surface area contributed by atoms with Gasteiger partial charge in [-0.3, -0.25) is 0 Å². The van der Waals surface area contributed by atoms with Crippen LogP contribution in [0.15, 0.2) is 118 Å². The molecule has 3 aromatic heterocycles. The van der Waals surface area contributed by atoms with E-state index < -0.39 is 0 Å². The standard InChI is InChI=1S/C59H57N3O2/c1-33-22-38(16-19-42(33)43-20-17-40(23-34(43)2)59-30-35-24-36(31-59)26-37(25-35)32-59)54-60-55(46-14-11-13-45-44-12-9-10-15-50(44)63-52(45)46)62-56(61-54)49-29-41(58(6,7)8)28-48-47-27-39(57(3,4)5)18-21-51(47)64-53(48)49/h9-23,27-29,35-37H,24-26,30-32H2,1-8H3. The predicted molar refractivity (Wildman–Crippen MR) is 263 cm³/mol. The molecule has 320 valence electrons. The predicted octanol–water partition coefficient (Wildman–Crippen LogP) is 16.0. The summed E-state index contributed by atoms with van der Waals surface area (Å²) in [6.07, 6.45) is 8.54. The number of aromatic nitrogens is 3. The maximum absolute atomic E-state index is 6.83. The summed E-state index contributed by atoms with van der Waals surface area (Å²) in [6, 6.07) is 39.7. The van der Waals surface area contributed by atoms with E-state index in [1.807, 2.05) is 12.1 Å². The molecule has 5 nitrogen and oxygen atoms in total. The highest BCUT2D eigenvalue weighted by Gasteiger charge is 2.51. The third-order valence-corrected chi connectivity index (χ3v) is 15.5. The second-order valence-electron chi connectivity index (χ2n) is 22.1. The van der Waals surface area contributed by atoms with E-state index in [1.54, 1.807) is 5.56 Å². The number of benzene rings is 6. The van der Waals surface area contributed by atoms with E-state index in [-0.39, 0.29) is 10.8 Å². The van der Waals surface area contributed by atoms with Crippen molar-refractivity contribution in [1.82, 2.24) is 15.0 Å². The number of fused-ring (bicyclic) bond motifs is 6. The van der Waals surface area contributed by atoms with Crippen molar-refractivity contribution in [2.45, 2.75) is 110 Å². The van der Waals surface area contributed by atoms with E-state index >= 15 is 0 Å². The van der Waals surface area contributed by atoms with Gasteiger partial charge >= 0.3 is 0 Å². The maximum Gasteiger partial charge on any atom is 0.167 e. The summed E-state index contributed by atoms with van der Waals surface area (Å²) >= 11 is 0. The van der Waals surface area contributed by atoms with Crippen LogP contribution in [-0.4, -0.2) is 15.0 Å². The Morgan fingerprint density at radius 2 is 1.05 bits per heavy atom. The Bertz CT molecular complexity index is 3330. The van der Waals surface area contributed by atoms with Gasteiger partial charge in [0.05, 0.1) is 11.1 Å². The van der Waals surface area contributed by atoms with Gasteiger partial charge in [0, 0.05) is 27.1 Å². The lowest BCUT2D eigenvalue weighted by atomic mass is 9.48. The number of hydrogen-bond acceptors (Lipinski definition) is 5. The number of hydrogen-bond donors (Lipinski definition) is 0.